The Bertz CT molecular complexity index is 1550. The van der Waals surface area contributed by atoms with E-state index in [-0.39, 0.29) is 38.0 Å². The zero-order valence-electron chi connectivity index (χ0n) is 45.7. The number of allylic oxidation sites excluding steroid dienone is 22. The molecule has 0 saturated heterocycles. The van der Waals surface area contributed by atoms with Crippen LogP contribution in [-0.4, -0.2) is 37.2 Å². The van der Waals surface area contributed by atoms with Gasteiger partial charge >= 0.3 is 17.9 Å². The summed E-state index contributed by atoms with van der Waals surface area (Å²) in [5.74, 6) is -1.09. The van der Waals surface area contributed by atoms with Crippen molar-refractivity contribution in [1.29, 1.82) is 0 Å². The first kappa shape index (κ1) is 66.6. The van der Waals surface area contributed by atoms with Crippen molar-refractivity contribution >= 4 is 17.9 Å². The van der Waals surface area contributed by atoms with Gasteiger partial charge in [0.1, 0.15) is 13.2 Å². The first-order valence-corrected chi connectivity index (χ1v) is 28.7. The fourth-order valence-corrected chi connectivity index (χ4v) is 7.27. The lowest BCUT2D eigenvalue weighted by Gasteiger charge is -2.18. The molecule has 0 aromatic rings. The van der Waals surface area contributed by atoms with Crippen molar-refractivity contribution in [3.8, 4) is 0 Å². The van der Waals surface area contributed by atoms with Crippen molar-refractivity contribution in [1.82, 2.24) is 0 Å². The Morgan fingerprint density at radius 2 is 0.549 bits per heavy atom. The molecule has 0 aliphatic rings. The standard InChI is InChI=1S/C65H104O6/c1-4-7-10-13-16-19-22-25-28-31-32-35-38-41-44-47-50-53-56-59-65(68)71-62(60-69-63(66)57-54-51-48-45-42-39-36-33-29-26-23-20-17-14-11-8-5-2)61-70-64(67)58-55-52-49-46-43-40-37-34-30-27-24-21-18-15-12-9-6-3/h16-21,25-30,32,35-36,39,41,44-45,48,50,53,62H,4-15,22-24,31,33-34,37-38,40,42-43,46-47,49,51-52,54-61H2,1-3H3/b19-16-,20-17-,21-18-,28-25-,29-26-,30-27-,35-32-,39-36-,44-41-,48-45-,53-50-/t62-/m1/s1. The Morgan fingerprint density at radius 3 is 0.901 bits per heavy atom. The third-order valence-corrected chi connectivity index (χ3v) is 11.6. The van der Waals surface area contributed by atoms with Crippen LogP contribution >= 0.6 is 0 Å². The maximum absolute atomic E-state index is 12.8. The number of hydrogen-bond donors (Lipinski definition) is 0. The molecule has 0 aliphatic carbocycles. The Kier molecular flexibility index (Phi) is 54.5. The van der Waals surface area contributed by atoms with Gasteiger partial charge in [-0.25, -0.2) is 0 Å². The van der Waals surface area contributed by atoms with E-state index >= 15 is 0 Å². The molecule has 1 atom stereocenters. The zero-order valence-corrected chi connectivity index (χ0v) is 45.7. The van der Waals surface area contributed by atoms with E-state index in [1.165, 1.54) is 103 Å². The lowest BCUT2D eigenvalue weighted by molar-refractivity contribution is -0.166. The van der Waals surface area contributed by atoms with Gasteiger partial charge in [0, 0.05) is 19.3 Å². The summed E-state index contributed by atoms with van der Waals surface area (Å²) in [5.41, 5.74) is 0. The molecule has 0 bridgehead atoms. The second-order valence-corrected chi connectivity index (χ2v) is 18.5. The van der Waals surface area contributed by atoms with Gasteiger partial charge in [0.05, 0.1) is 0 Å². The Hall–Kier alpha value is -4.45. The number of carbonyl (C=O) groups excluding carboxylic acids is 3. The smallest absolute Gasteiger partial charge is 0.306 e. The maximum Gasteiger partial charge on any atom is 0.306 e. The number of rotatable bonds is 50. The minimum atomic E-state index is -0.849. The molecular weight excluding hydrogens is 877 g/mol. The van der Waals surface area contributed by atoms with Gasteiger partial charge in [-0.05, 0) is 128 Å². The molecule has 6 heteroatoms. The van der Waals surface area contributed by atoms with Crippen LogP contribution in [0.1, 0.15) is 239 Å². The second-order valence-electron chi connectivity index (χ2n) is 18.5. The van der Waals surface area contributed by atoms with E-state index in [2.05, 4.69) is 142 Å². The van der Waals surface area contributed by atoms with Gasteiger partial charge < -0.3 is 14.2 Å². The average Bonchev–Trinajstić information content (AvgIpc) is 3.37. The first-order valence-electron chi connectivity index (χ1n) is 28.7. The lowest BCUT2D eigenvalue weighted by atomic mass is 10.1. The van der Waals surface area contributed by atoms with Gasteiger partial charge in [-0.15, -0.1) is 0 Å². The molecule has 400 valence electrons. The molecule has 0 N–H and O–H groups in total. The first-order chi connectivity index (χ1) is 35.0. The molecule has 0 aromatic heterocycles. The SMILES string of the molecule is CCCCC/C=C\C/C=C\C/C=C\C/C=C\C/C=C\CCC(=O)O[C@H](COC(=O)CCC/C=C\C/C=C\C/C=C\C/C=C\CCCCC)COC(=O)CCCCCCCCC/C=C\C/C=C\CCCCC. The van der Waals surface area contributed by atoms with Crippen LogP contribution in [0.15, 0.2) is 134 Å². The van der Waals surface area contributed by atoms with Crippen LogP contribution in [0.25, 0.3) is 0 Å². The summed E-state index contributed by atoms with van der Waals surface area (Å²) in [4.78, 5) is 38.1. The van der Waals surface area contributed by atoms with Crippen LogP contribution in [0, 0.1) is 0 Å². The predicted octanol–water partition coefficient (Wildman–Crippen LogP) is 19.4. The fraction of sp³-hybridized carbons (Fsp3) is 0.615. The van der Waals surface area contributed by atoms with Crippen LogP contribution in [-0.2, 0) is 28.6 Å². The molecule has 0 spiro atoms. The van der Waals surface area contributed by atoms with E-state index in [9.17, 15) is 14.4 Å². The number of esters is 3. The minimum absolute atomic E-state index is 0.133. The van der Waals surface area contributed by atoms with Crippen molar-refractivity contribution in [2.45, 2.75) is 245 Å². The van der Waals surface area contributed by atoms with Crippen molar-refractivity contribution in [3.63, 3.8) is 0 Å². The summed E-state index contributed by atoms with van der Waals surface area (Å²) in [6.07, 6.45) is 81.6. The summed E-state index contributed by atoms with van der Waals surface area (Å²) in [6.45, 7) is 6.43. The number of unbranched alkanes of at least 4 members (excludes halogenated alkanes) is 17. The zero-order chi connectivity index (χ0) is 51.4. The maximum atomic E-state index is 12.8. The molecule has 6 nitrogen and oxygen atoms in total. The summed E-state index contributed by atoms with van der Waals surface area (Å²) in [7, 11) is 0. The Labute approximate surface area is 436 Å². The van der Waals surface area contributed by atoms with Gasteiger partial charge in [0.25, 0.3) is 0 Å². The van der Waals surface area contributed by atoms with E-state index in [4.69, 9.17) is 14.2 Å². The van der Waals surface area contributed by atoms with E-state index in [0.29, 0.717) is 19.3 Å². The molecule has 0 aromatic carbocycles. The van der Waals surface area contributed by atoms with Crippen LogP contribution < -0.4 is 0 Å². The summed E-state index contributed by atoms with van der Waals surface area (Å²) < 4.78 is 16.7. The van der Waals surface area contributed by atoms with Gasteiger partial charge in [0.2, 0.25) is 0 Å². The second kappa shape index (κ2) is 58.1. The highest BCUT2D eigenvalue weighted by Gasteiger charge is 2.19. The van der Waals surface area contributed by atoms with E-state index in [1.54, 1.807) is 0 Å². The van der Waals surface area contributed by atoms with Gasteiger partial charge in [-0.1, -0.05) is 225 Å². The van der Waals surface area contributed by atoms with Crippen molar-refractivity contribution in [3.05, 3.63) is 134 Å². The third kappa shape index (κ3) is 56.3. The third-order valence-electron chi connectivity index (χ3n) is 11.6. The summed E-state index contributed by atoms with van der Waals surface area (Å²) >= 11 is 0. The van der Waals surface area contributed by atoms with E-state index in [1.807, 2.05) is 12.2 Å². The predicted molar refractivity (Wildman–Crippen MR) is 306 cm³/mol. The van der Waals surface area contributed by atoms with Crippen LogP contribution in [0.3, 0.4) is 0 Å². The van der Waals surface area contributed by atoms with Crippen molar-refractivity contribution < 1.29 is 28.6 Å². The Morgan fingerprint density at radius 1 is 0.282 bits per heavy atom. The van der Waals surface area contributed by atoms with Crippen molar-refractivity contribution in [2.75, 3.05) is 13.2 Å². The number of hydrogen-bond acceptors (Lipinski definition) is 6. The molecule has 0 heterocycles. The van der Waals surface area contributed by atoms with Gasteiger partial charge in [0.15, 0.2) is 6.10 Å². The molecular formula is C65H104O6. The van der Waals surface area contributed by atoms with Crippen LogP contribution in [0.2, 0.25) is 0 Å². The molecule has 71 heavy (non-hydrogen) atoms. The number of carbonyl (C=O) groups is 3. The van der Waals surface area contributed by atoms with Gasteiger partial charge in [-0.3, -0.25) is 14.4 Å². The highest BCUT2D eigenvalue weighted by atomic mass is 16.6. The molecule has 0 saturated carbocycles. The topological polar surface area (TPSA) is 78.9 Å². The molecule has 0 amide bonds. The number of ether oxygens (including phenoxy) is 3. The highest BCUT2D eigenvalue weighted by molar-refractivity contribution is 5.71. The fourth-order valence-electron chi connectivity index (χ4n) is 7.27. The Balaban J connectivity index is 4.62. The normalized spacial score (nSPS) is 13.1. The highest BCUT2D eigenvalue weighted by Crippen LogP contribution is 2.12. The molecule has 0 radical (unpaired) electrons. The minimum Gasteiger partial charge on any atom is -0.462 e. The monoisotopic (exact) mass is 981 g/mol. The van der Waals surface area contributed by atoms with E-state index < -0.39 is 12.1 Å². The van der Waals surface area contributed by atoms with E-state index in [0.717, 1.165) is 83.5 Å². The van der Waals surface area contributed by atoms with Crippen LogP contribution in [0.5, 0.6) is 0 Å². The van der Waals surface area contributed by atoms with Gasteiger partial charge in [-0.2, -0.15) is 0 Å². The average molecular weight is 982 g/mol. The molecule has 0 aliphatic heterocycles. The largest absolute Gasteiger partial charge is 0.462 e. The molecule has 0 rings (SSSR count). The molecule has 0 fully saturated rings. The molecule has 0 unspecified atom stereocenters. The summed E-state index contributed by atoms with van der Waals surface area (Å²) in [6, 6.07) is 0. The quantitative estimate of drug-likeness (QED) is 0.0262. The van der Waals surface area contributed by atoms with Crippen LogP contribution in [0.4, 0.5) is 0 Å². The lowest BCUT2D eigenvalue weighted by Crippen LogP contribution is -2.30. The summed E-state index contributed by atoms with van der Waals surface area (Å²) in [5, 5.41) is 0. The van der Waals surface area contributed by atoms with Crippen molar-refractivity contribution in [2.24, 2.45) is 0 Å².